The summed E-state index contributed by atoms with van der Waals surface area (Å²) in [5.74, 6) is 4.21. The second-order valence-corrected chi connectivity index (χ2v) is 10.4. The van der Waals surface area contributed by atoms with Gasteiger partial charge in [0.05, 0.1) is 19.6 Å². The molecule has 4 aliphatic rings. The molecule has 4 aliphatic carbocycles. The standard InChI is InChI=1S/C23H38O3/c1-15-9-12-23(14-25-3)16(13-15)5-6-17-18-7-8-20(21(24)26-4)22(18,2)11-10-19(17)23/h15-20H,5-14H2,1-4H3. The molecule has 8 unspecified atom stereocenters. The third-order valence-electron chi connectivity index (χ3n) is 9.53. The molecule has 0 amide bonds. The van der Waals surface area contributed by atoms with Gasteiger partial charge in [0.25, 0.3) is 0 Å². The lowest BCUT2D eigenvalue weighted by Crippen LogP contribution is -2.56. The first-order valence-corrected chi connectivity index (χ1v) is 11.0. The molecule has 0 spiro atoms. The molecule has 148 valence electrons. The number of esters is 1. The van der Waals surface area contributed by atoms with E-state index in [1.165, 1.54) is 51.4 Å². The summed E-state index contributed by atoms with van der Waals surface area (Å²) in [5.41, 5.74) is 0.576. The van der Waals surface area contributed by atoms with Crippen molar-refractivity contribution < 1.29 is 14.3 Å². The van der Waals surface area contributed by atoms with Gasteiger partial charge in [0.15, 0.2) is 0 Å². The summed E-state index contributed by atoms with van der Waals surface area (Å²) < 4.78 is 11.0. The predicted molar refractivity (Wildman–Crippen MR) is 103 cm³/mol. The Morgan fingerprint density at radius 3 is 2.54 bits per heavy atom. The van der Waals surface area contributed by atoms with E-state index in [2.05, 4.69) is 13.8 Å². The number of carbonyl (C=O) groups excluding carboxylic acids is 1. The van der Waals surface area contributed by atoms with Crippen LogP contribution in [0.5, 0.6) is 0 Å². The summed E-state index contributed by atoms with van der Waals surface area (Å²) in [6, 6.07) is 0. The van der Waals surface area contributed by atoms with E-state index in [1.54, 1.807) is 7.11 Å². The molecule has 0 radical (unpaired) electrons. The molecule has 0 saturated heterocycles. The zero-order valence-electron chi connectivity index (χ0n) is 17.3. The molecule has 0 aliphatic heterocycles. The second kappa shape index (κ2) is 6.79. The first kappa shape index (κ1) is 18.8. The lowest BCUT2D eigenvalue weighted by molar-refractivity contribution is -0.164. The van der Waals surface area contributed by atoms with E-state index in [4.69, 9.17) is 9.47 Å². The summed E-state index contributed by atoms with van der Waals surface area (Å²) in [6.07, 6.45) is 11.6. The topological polar surface area (TPSA) is 35.5 Å². The minimum atomic E-state index is 0.0419. The molecule has 0 aromatic carbocycles. The molecule has 0 aromatic rings. The molecule has 3 heteroatoms. The van der Waals surface area contributed by atoms with Crippen molar-refractivity contribution in [3.8, 4) is 0 Å². The van der Waals surface area contributed by atoms with Crippen molar-refractivity contribution in [2.75, 3.05) is 20.8 Å². The van der Waals surface area contributed by atoms with Gasteiger partial charge >= 0.3 is 5.97 Å². The first-order chi connectivity index (χ1) is 12.5. The van der Waals surface area contributed by atoms with Crippen LogP contribution >= 0.6 is 0 Å². The van der Waals surface area contributed by atoms with E-state index in [0.717, 1.165) is 36.7 Å². The van der Waals surface area contributed by atoms with Crippen LogP contribution in [0.25, 0.3) is 0 Å². The fourth-order valence-corrected chi connectivity index (χ4v) is 8.34. The maximum absolute atomic E-state index is 12.4. The number of methoxy groups -OCH3 is 2. The van der Waals surface area contributed by atoms with Gasteiger partial charge in [-0.2, -0.15) is 0 Å². The highest BCUT2D eigenvalue weighted by atomic mass is 16.5. The highest BCUT2D eigenvalue weighted by Gasteiger charge is 2.62. The largest absolute Gasteiger partial charge is 0.469 e. The van der Waals surface area contributed by atoms with Crippen LogP contribution in [-0.4, -0.2) is 26.8 Å². The van der Waals surface area contributed by atoms with Crippen LogP contribution in [0.15, 0.2) is 0 Å². The average molecular weight is 363 g/mol. The Labute approximate surface area is 159 Å². The monoisotopic (exact) mass is 362 g/mol. The molecule has 8 atom stereocenters. The summed E-state index contributed by atoms with van der Waals surface area (Å²) in [6.45, 7) is 5.80. The van der Waals surface area contributed by atoms with Gasteiger partial charge in [-0.3, -0.25) is 4.79 Å². The van der Waals surface area contributed by atoms with Crippen LogP contribution in [0.3, 0.4) is 0 Å². The van der Waals surface area contributed by atoms with Crippen LogP contribution < -0.4 is 0 Å². The maximum atomic E-state index is 12.4. The van der Waals surface area contributed by atoms with Crippen LogP contribution in [-0.2, 0) is 14.3 Å². The Bertz CT molecular complexity index is 546. The minimum absolute atomic E-state index is 0.0419. The van der Waals surface area contributed by atoms with Gasteiger partial charge in [0.2, 0.25) is 0 Å². The normalized spacial score (nSPS) is 50.5. The Morgan fingerprint density at radius 1 is 1.00 bits per heavy atom. The van der Waals surface area contributed by atoms with Gasteiger partial charge in [-0.15, -0.1) is 0 Å². The third kappa shape index (κ3) is 2.59. The number of hydrogen-bond donors (Lipinski definition) is 0. The quantitative estimate of drug-likeness (QED) is 0.657. The lowest BCUT2D eigenvalue weighted by atomic mass is 9.44. The Hall–Kier alpha value is -0.570. The lowest BCUT2D eigenvalue weighted by Gasteiger charge is -2.61. The van der Waals surface area contributed by atoms with Crippen molar-refractivity contribution >= 4 is 5.97 Å². The van der Waals surface area contributed by atoms with Gasteiger partial charge < -0.3 is 9.47 Å². The molecule has 0 heterocycles. The molecule has 26 heavy (non-hydrogen) atoms. The smallest absolute Gasteiger partial charge is 0.309 e. The molecule has 4 saturated carbocycles. The molecule has 0 bridgehead atoms. The highest BCUT2D eigenvalue weighted by molar-refractivity contribution is 5.73. The zero-order chi connectivity index (χ0) is 18.5. The molecule has 3 nitrogen and oxygen atoms in total. The van der Waals surface area contributed by atoms with Crippen LogP contribution in [0.2, 0.25) is 0 Å². The number of fused-ring (bicyclic) bond motifs is 5. The number of ether oxygens (including phenoxy) is 2. The second-order valence-electron chi connectivity index (χ2n) is 10.4. The van der Waals surface area contributed by atoms with Crippen LogP contribution in [0.4, 0.5) is 0 Å². The van der Waals surface area contributed by atoms with E-state index in [9.17, 15) is 4.79 Å². The molecular weight excluding hydrogens is 324 g/mol. The Morgan fingerprint density at radius 2 is 1.81 bits per heavy atom. The van der Waals surface area contributed by atoms with Gasteiger partial charge in [-0.1, -0.05) is 20.3 Å². The molecule has 4 fully saturated rings. The van der Waals surface area contributed by atoms with E-state index in [0.29, 0.717) is 11.3 Å². The van der Waals surface area contributed by atoms with Crippen molar-refractivity contribution in [1.29, 1.82) is 0 Å². The average Bonchev–Trinajstić information content (AvgIpc) is 2.99. The molecular formula is C23H38O3. The Balaban J connectivity index is 1.63. The van der Waals surface area contributed by atoms with E-state index in [-0.39, 0.29) is 17.3 Å². The summed E-state index contributed by atoms with van der Waals surface area (Å²) >= 11 is 0. The van der Waals surface area contributed by atoms with Gasteiger partial charge in [-0.25, -0.2) is 0 Å². The number of rotatable bonds is 3. The van der Waals surface area contributed by atoms with Crippen molar-refractivity contribution in [2.24, 2.45) is 46.3 Å². The predicted octanol–water partition coefficient (Wildman–Crippen LogP) is 5.08. The fourth-order valence-electron chi connectivity index (χ4n) is 8.34. The minimum Gasteiger partial charge on any atom is -0.469 e. The van der Waals surface area contributed by atoms with E-state index >= 15 is 0 Å². The third-order valence-corrected chi connectivity index (χ3v) is 9.53. The van der Waals surface area contributed by atoms with Crippen molar-refractivity contribution in [3.63, 3.8) is 0 Å². The van der Waals surface area contributed by atoms with Crippen molar-refractivity contribution in [1.82, 2.24) is 0 Å². The number of carbonyl (C=O) groups is 1. The molecule has 0 aromatic heterocycles. The Kier molecular flexibility index (Phi) is 4.91. The molecule has 0 N–H and O–H groups in total. The zero-order valence-corrected chi connectivity index (χ0v) is 17.3. The first-order valence-electron chi connectivity index (χ1n) is 11.0. The van der Waals surface area contributed by atoms with Gasteiger partial charge in [0, 0.05) is 7.11 Å². The number of hydrogen-bond acceptors (Lipinski definition) is 3. The van der Waals surface area contributed by atoms with Crippen molar-refractivity contribution in [3.05, 3.63) is 0 Å². The summed E-state index contributed by atoms with van der Waals surface area (Å²) in [4.78, 5) is 12.4. The van der Waals surface area contributed by atoms with E-state index < -0.39 is 0 Å². The van der Waals surface area contributed by atoms with Gasteiger partial charge in [0.1, 0.15) is 0 Å². The molecule has 4 rings (SSSR count). The van der Waals surface area contributed by atoms with Crippen molar-refractivity contribution in [2.45, 2.75) is 71.6 Å². The van der Waals surface area contributed by atoms with Gasteiger partial charge in [-0.05, 0) is 91.8 Å². The maximum Gasteiger partial charge on any atom is 0.309 e. The SMILES string of the molecule is COCC12CCC(C)CC1CCC1C3CCC(C(=O)OC)C3(C)CCC12. The van der Waals surface area contributed by atoms with Crippen LogP contribution in [0, 0.1) is 46.3 Å². The summed E-state index contributed by atoms with van der Waals surface area (Å²) in [5, 5.41) is 0. The highest BCUT2D eigenvalue weighted by Crippen LogP contribution is 2.67. The summed E-state index contributed by atoms with van der Waals surface area (Å²) in [7, 11) is 3.47. The fraction of sp³-hybridized carbons (Fsp3) is 0.957. The van der Waals surface area contributed by atoms with Crippen LogP contribution in [0.1, 0.15) is 71.6 Å². The van der Waals surface area contributed by atoms with E-state index in [1.807, 2.05) is 7.11 Å².